The molecule has 0 unspecified atom stereocenters. The lowest BCUT2D eigenvalue weighted by molar-refractivity contribution is -0.139. The Morgan fingerprint density at radius 2 is 2.43 bits per heavy atom. The molecular formula is C9H7O5. The summed E-state index contributed by atoms with van der Waals surface area (Å²) in [7, 11) is 0. The van der Waals surface area contributed by atoms with Crippen molar-refractivity contribution in [3.8, 4) is 17.2 Å². The number of benzene rings is 1. The van der Waals surface area contributed by atoms with Crippen LogP contribution >= 0.6 is 0 Å². The molecule has 1 radical (unpaired) electrons. The Morgan fingerprint density at radius 3 is 3.21 bits per heavy atom. The number of ether oxygens (including phenoxy) is 3. The van der Waals surface area contributed by atoms with Gasteiger partial charge in [-0.2, -0.15) is 0 Å². The molecule has 5 nitrogen and oxygen atoms in total. The highest BCUT2D eigenvalue weighted by molar-refractivity contribution is 5.68. The molecule has 2 rings (SSSR count). The maximum atomic E-state index is 10.3. The standard InChI is InChI=1S/C9H7O5/c10-8(11)4-12-6-2-1-3-7-9(6)14-5-13-7/h2-3H,4-5H2,(H,10,11). The second-order valence-electron chi connectivity index (χ2n) is 2.60. The lowest BCUT2D eigenvalue weighted by atomic mass is 10.3. The van der Waals surface area contributed by atoms with Gasteiger partial charge >= 0.3 is 5.97 Å². The minimum atomic E-state index is -1.04. The van der Waals surface area contributed by atoms with E-state index in [0.29, 0.717) is 17.2 Å². The van der Waals surface area contributed by atoms with Crippen LogP contribution < -0.4 is 14.2 Å². The van der Waals surface area contributed by atoms with E-state index in [-0.39, 0.29) is 6.79 Å². The topological polar surface area (TPSA) is 65.0 Å². The molecule has 1 aromatic carbocycles. The predicted octanol–water partition coefficient (Wildman–Crippen LogP) is 0.679. The lowest BCUT2D eigenvalue weighted by Gasteiger charge is -2.05. The van der Waals surface area contributed by atoms with Crippen molar-refractivity contribution in [3.63, 3.8) is 0 Å². The summed E-state index contributed by atoms with van der Waals surface area (Å²) < 4.78 is 15.1. The second kappa shape index (κ2) is 3.45. The molecule has 1 aromatic rings. The van der Waals surface area contributed by atoms with Crippen LogP contribution in [0.3, 0.4) is 0 Å². The van der Waals surface area contributed by atoms with E-state index in [1.54, 1.807) is 6.07 Å². The molecule has 73 valence electrons. The highest BCUT2D eigenvalue weighted by atomic mass is 16.7. The van der Waals surface area contributed by atoms with Gasteiger partial charge in [-0.1, -0.05) is 0 Å². The molecule has 0 bridgehead atoms. The fraction of sp³-hybridized carbons (Fsp3) is 0.222. The highest BCUT2D eigenvalue weighted by Crippen LogP contribution is 2.40. The molecule has 5 heteroatoms. The zero-order valence-corrected chi connectivity index (χ0v) is 7.15. The third kappa shape index (κ3) is 1.56. The molecule has 1 heterocycles. The minimum Gasteiger partial charge on any atom is -0.479 e. The van der Waals surface area contributed by atoms with Crippen LogP contribution in [0.4, 0.5) is 0 Å². The van der Waals surface area contributed by atoms with Crippen molar-refractivity contribution in [1.29, 1.82) is 0 Å². The van der Waals surface area contributed by atoms with Crippen LogP contribution in [0.2, 0.25) is 0 Å². The van der Waals surface area contributed by atoms with Crippen molar-refractivity contribution in [2.45, 2.75) is 0 Å². The van der Waals surface area contributed by atoms with Gasteiger partial charge in [0.1, 0.15) is 0 Å². The first-order valence-corrected chi connectivity index (χ1v) is 3.91. The molecule has 0 fully saturated rings. The summed E-state index contributed by atoms with van der Waals surface area (Å²) in [6.45, 7) is -0.287. The average molecular weight is 195 g/mol. The molecule has 1 aliphatic heterocycles. The smallest absolute Gasteiger partial charge is 0.341 e. The number of rotatable bonds is 3. The third-order valence-corrected chi connectivity index (χ3v) is 1.65. The average Bonchev–Trinajstić information content (AvgIpc) is 2.62. The van der Waals surface area contributed by atoms with Gasteiger partial charge in [-0.05, 0) is 18.2 Å². The summed E-state index contributed by atoms with van der Waals surface area (Å²) in [5, 5.41) is 8.42. The number of carboxylic acid groups (broad SMARTS) is 1. The summed E-state index contributed by atoms with van der Waals surface area (Å²) in [4.78, 5) is 10.3. The van der Waals surface area contributed by atoms with E-state index in [1.165, 1.54) is 6.07 Å². The first-order valence-electron chi connectivity index (χ1n) is 3.91. The Bertz CT molecular complexity index is 360. The van der Waals surface area contributed by atoms with Crippen LogP contribution in [0.15, 0.2) is 12.1 Å². The van der Waals surface area contributed by atoms with Gasteiger partial charge in [0.25, 0.3) is 0 Å². The molecule has 0 saturated carbocycles. The van der Waals surface area contributed by atoms with Crippen molar-refractivity contribution in [2.75, 3.05) is 13.4 Å². The first kappa shape index (κ1) is 8.68. The number of carboxylic acids is 1. The van der Waals surface area contributed by atoms with E-state index >= 15 is 0 Å². The number of fused-ring (bicyclic) bond motifs is 1. The molecule has 14 heavy (non-hydrogen) atoms. The summed E-state index contributed by atoms with van der Waals surface area (Å²) in [6, 6.07) is 5.88. The van der Waals surface area contributed by atoms with Gasteiger partial charge in [-0.15, -0.1) is 0 Å². The summed E-state index contributed by atoms with van der Waals surface area (Å²) >= 11 is 0. The van der Waals surface area contributed by atoms with E-state index in [0.717, 1.165) is 0 Å². The number of aliphatic carboxylic acids is 1. The van der Waals surface area contributed by atoms with Crippen LogP contribution in [0.5, 0.6) is 17.2 Å². The van der Waals surface area contributed by atoms with Crippen LogP contribution in [-0.4, -0.2) is 24.5 Å². The second-order valence-corrected chi connectivity index (χ2v) is 2.60. The van der Waals surface area contributed by atoms with Crippen LogP contribution in [0.25, 0.3) is 0 Å². The van der Waals surface area contributed by atoms with Gasteiger partial charge in [0, 0.05) is 0 Å². The van der Waals surface area contributed by atoms with Gasteiger partial charge in [0.15, 0.2) is 18.1 Å². The monoisotopic (exact) mass is 195 g/mol. The normalized spacial score (nSPS) is 12.6. The van der Waals surface area contributed by atoms with Crippen molar-refractivity contribution in [1.82, 2.24) is 0 Å². The van der Waals surface area contributed by atoms with Crippen LogP contribution in [-0.2, 0) is 4.79 Å². The maximum absolute atomic E-state index is 10.3. The minimum absolute atomic E-state index is 0.122. The molecular weight excluding hydrogens is 188 g/mol. The number of hydrogen-bond donors (Lipinski definition) is 1. The summed E-state index contributed by atoms with van der Waals surface area (Å²) in [6.07, 6.45) is 0. The van der Waals surface area contributed by atoms with Crippen molar-refractivity contribution >= 4 is 5.97 Å². The summed E-state index contributed by atoms with van der Waals surface area (Å²) in [5.74, 6) is 0.252. The SMILES string of the molecule is O=C(O)COc1c[c]cc2c1OCO2. The molecule has 0 amide bonds. The van der Waals surface area contributed by atoms with Gasteiger partial charge in [0.05, 0.1) is 0 Å². The summed E-state index contributed by atoms with van der Waals surface area (Å²) in [5.41, 5.74) is 0. The molecule has 0 aromatic heterocycles. The first-order chi connectivity index (χ1) is 6.77. The lowest BCUT2D eigenvalue weighted by Crippen LogP contribution is -2.09. The van der Waals surface area contributed by atoms with E-state index < -0.39 is 12.6 Å². The van der Waals surface area contributed by atoms with Crippen molar-refractivity contribution < 1.29 is 24.1 Å². The third-order valence-electron chi connectivity index (χ3n) is 1.65. The number of carbonyl (C=O) groups is 1. The van der Waals surface area contributed by atoms with Crippen molar-refractivity contribution in [3.05, 3.63) is 18.2 Å². The quantitative estimate of drug-likeness (QED) is 0.768. The van der Waals surface area contributed by atoms with E-state index in [1.807, 2.05) is 0 Å². The predicted molar refractivity (Wildman–Crippen MR) is 44.5 cm³/mol. The Labute approximate surface area is 79.8 Å². The largest absolute Gasteiger partial charge is 0.479 e. The van der Waals surface area contributed by atoms with E-state index in [9.17, 15) is 4.79 Å². The Morgan fingerprint density at radius 1 is 1.57 bits per heavy atom. The molecule has 0 saturated heterocycles. The van der Waals surface area contributed by atoms with Crippen molar-refractivity contribution in [2.24, 2.45) is 0 Å². The zero-order chi connectivity index (χ0) is 9.97. The van der Waals surface area contributed by atoms with Crippen LogP contribution in [0.1, 0.15) is 0 Å². The molecule has 1 aliphatic rings. The van der Waals surface area contributed by atoms with Gasteiger partial charge < -0.3 is 19.3 Å². The number of hydrogen-bond acceptors (Lipinski definition) is 4. The Balaban J connectivity index is 2.17. The van der Waals surface area contributed by atoms with Crippen LogP contribution in [0, 0.1) is 6.07 Å². The van der Waals surface area contributed by atoms with Gasteiger partial charge in [-0.25, -0.2) is 4.79 Å². The fourth-order valence-electron chi connectivity index (χ4n) is 1.09. The fourth-order valence-corrected chi connectivity index (χ4v) is 1.09. The molecule has 0 atom stereocenters. The maximum Gasteiger partial charge on any atom is 0.341 e. The Kier molecular flexibility index (Phi) is 2.14. The van der Waals surface area contributed by atoms with E-state index in [2.05, 4.69) is 6.07 Å². The molecule has 0 aliphatic carbocycles. The van der Waals surface area contributed by atoms with Gasteiger partial charge in [0.2, 0.25) is 12.5 Å². The van der Waals surface area contributed by atoms with Gasteiger partial charge in [-0.3, -0.25) is 0 Å². The molecule has 1 N–H and O–H groups in total. The van der Waals surface area contributed by atoms with E-state index in [4.69, 9.17) is 19.3 Å². The zero-order valence-electron chi connectivity index (χ0n) is 7.15. The highest BCUT2D eigenvalue weighted by Gasteiger charge is 2.18. The Hall–Kier alpha value is -1.91. The molecule has 0 spiro atoms.